The van der Waals surface area contributed by atoms with E-state index < -0.39 is 0 Å². The van der Waals surface area contributed by atoms with Crippen LogP contribution in [0.4, 0.5) is 5.69 Å². The van der Waals surface area contributed by atoms with E-state index in [1.807, 2.05) is 18.2 Å². The summed E-state index contributed by atoms with van der Waals surface area (Å²) >= 11 is 5.97. The third-order valence-corrected chi connectivity index (χ3v) is 2.85. The van der Waals surface area contributed by atoms with Crippen LogP contribution >= 0.6 is 11.6 Å². The molecule has 0 aliphatic carbocycles. The van der Waals surface area contributed by atoms with E-state index in [9.17, 15) is 5.11 Å². The molecule has 0 saturated heterocycles. The van der Waals surface area contributed by atoms with Crippen LogP contribution < -0.4 is 4.90 Å². The summed E-state index contributed by atoms with van der Waals surface area (Å²) in [5, 5.41) is 9.97. The molecule has 0 aromatic heterocycles. The highest BCUT2D eigenvalue weighted by molar-refractivity contribution is 6.30. The molecular formula is C12H14ClNO. The Kier molecular flexibility index (Phi) is 3.29. The Morgan fingerprint density at radius 2 is 2.20 bits per heavy atom. The molecule has 2 rings (SSSR count). The predicted octanol–water partition coefficient (Wildman–Crippen LogP) is 2.60. The van der Waals surface area contributed by atoms with Gasteiger partial charge in [-0.15, -0.1) is 0 Å². The maximum absolute atomic E-state index is 9.25. The summed E-state index contributed by atoms with van der Waals surface area (Å²) in [6, 6.07) is 5.62. The van der Waals surface area contributed by atoms with Crippen LogP contribution in [0.15, 0.2) is 30.4 Å². The van der Waals surface area contributed by atoms with Crippen molar-refractivity contribution in [2.24, 2.45) is 0 Å². The van der Waals surface area contributed by atoms with Crippen LogP contribution in [0.5, 0.6) is 0 Å². The molecule has 2 nitrogen and oxygen atoms in total. The molecule has 0 atom stereocenters. The molecule has 1 aliphatic heterocycles. The largest absolute Gasteiger partial charge is 0.392 e. The Morgan fingerprint density at radius 3 is 2.87 bits per heavy atom. The van der Waals surface area contributed by atoms with Crippen molar-refractivity contribution in [3.63, 3.8) is 0 Å². The lowest BCUT2D eigenvalue weighted by molar-refractivity contribution is 0.282. The van der Waals surface area contributed by atoms with Crippen LogP contribution in [-0.4, -0.2) is 18.2 Å². The lowest BCUT2D eigenvalue weighted by Crippen LogP contribution is -2.27. The van der Waals surface area contributed by atoms with Crippen molar-refractivity contribution >= 4 is 17.3 Å². The summed E-state index contributed by atoms with van der Waals surface area (Å²) in [5.74, 6) is 0. The SMILES string of the molecule is OCc1ccc(Cl)cc1N1CC=CCC1. The van der Waals surface area contributed by atoms with Crippen molar-refractivity contribution in [1.29, 1.82) is 0 Å². The molecule has 1 aliphatic rings. The van der Waals surface area contributed by atoms with E-state index >= 15 is 0 Å². The van der Waals surface area contributed by atoms with Gasteiger partial charge >= 0.3 is 0 Å². The number of rotatable bonds is 2. The number of aliphatic hydroxyl groups excluding tert-OH is 1. The maximum atomic E-state index is 9.25. The molecule has 0 spiro atoms. The Bertz CT molecular complexity index is 376. The first-order valence-corrected chi connectivity index (χ1v) is 5.48. The van der Waals surface area contributed by atoms with Gasteiger partial charge < -0.3 is 10.0 Å². The number of anilines is 1. The third kappa shape index (κ3) is 2.33. The fraction of sp³-hybridized carbons (Fsp3) is 0.333. The third-order valence-electron chi connectivity index (χ3n) is 2.62. The highest BCUT2D eigenvalue weighted by Gasteiger charge is 2.11. The summed E-state index contributed by atoms with van der Waals surface area (Å²) < 4.78 is 0. The zero-order chi connectivity index (χ0) is 10.7. The second-order valence-corrected chi connectivity index (χ2v) is 4.07. The number of benzene rings is 1. The minimum absolute atomic E-state index is 0.0622. The first-order chi connectivity index (χ1) is 7.31. The highest BCUT2D eigenvalue weighted by atomic mass is 35.5. The van der Waals surface area contributed by atoms with Gasteiger partial charge in [0.15, 0.2) is 0 Å². The van der Waals surface area contributed by atoms with Crippen molar-refractivity contribution in [1.82, 2.24) is 0 Å². The van der Waals surface area contributed by atoms with Crippen LogP contribution in [0.2, 0.25) is 5.02 Å². The number of hydrogen-bond acceptors (Lipinski definition) is 2. The molecule has 3 heteroatoms. The number of halogens is 1. The number of aliphatic hydroxyl groups is 1. The topological polar surface area (TPSA) is 23.5 Å². The zero-order valence-electron chi connectivity index (χ0n) is 8.49. The summed E-state index contributed by atoms with van der Waals surface area (Å²) in [6.07, 6.45) is 5.38. The Balaban J connectivity index is 2.32. The molecule has 15 heavy (non-hydrogen) atoms. The molecule has 1 heterocycles. The summed E-state index contributed by atoms with van der Waals surface area (Å²) in [7, 11) is 0. The summed E-state index contributed by atoms with van der Waals surface area (Å²) in [5.41, 5.74) is 1.99. The van der Waals surface area contributed by atoms with Crippen molar-refractivity contribution in [3.8, 4) is 0 Å². The highest BCUT2D eigenvalue weighted by Crippen LogP contribution is 2.26. The Morgan fingerprint density at radius 1 is 1.33 bits per heavy atom. The fourth-order valence-electron chi connectivity index (χ4n) is 1.83. The average molecular weight is 224 g/mol. The van der Waals surface area contributed by atoms with Crippen LogP contribution in [0.25, 0.3) is 0 Å². The van der Waals surface area contributed by atoms with E-state index in [1.165, 1.54) is 0 Å². The van der Waals surface area contributed by atoms with E-state index in [-0.39, 0.29) is 6.61 Å². The van der Waals surface area contributed by atoms with Crippen LogP contribution in [0.1, 0.15) is 12.0 Å². The molecule has 0 radical (unpaired) electrons. The molecule has 0 fully saturated rings. The van der Waals surface area contributed by atoms with E-state index in [0.717, 1.165) is 35.8 Å². The first kappa shape index (κ1) is 10.5. The van der Waals surface area contributed by atoms with Crippen LogP contribution in [0, 0.1) is 0 Å². The van der Waals surface area contributed by atoms with Gasteiger partial charge in [-0.2, -0.15) is 0 Å². The minimum Gasteiger partial charge on any atom is -0.392 e. The van der Waals surface area contributed by atoms with Crippen molar-refractivity contribution < 1.29 is 5.11 Å². The zero-order valence-corrected chi connectivity index (χ0v) is 9.24. The second kappa shape index (κ2) is 4.69. The van der Waals surface area contributed by atoms with Gasteiger partial charge in [0.25, 0.3) is 0 Å². The monoisotopic (exact) mass is 223 g/mol. The second-order valence-electron chi connectivity index (χ2n) is 3.64. The van der Waals surface area contributed by atoms with E-state index in [0.29, 0.717) is 0 Å². The Hall–Kier alpha value is -0.990. The van der Waals surface area contributed by atoms with Crippen molar-refractivity contribution in [2.75, 3.05) is 18.0 Å². The predicted molar refractivity (Wildman–Crippen MR) is 63.3 cm³/mol. The minimum atomic E-state index is 0.0622. The Labute approximate surface area is 94.8 Å². The lowest BCUT2D eigenvalue weighted by atomic mass is 10.1. The normalized spacial score (nSPS) is 15.7. The van der Waals surface area contributed by atoms with Gasteiger partial charge in [-0.25, -0.2) is 0 Å². The van der Waals surface area contributed by atoms with Gasteiger partial charge in [-0.3, -0.25) is 0 Å². The maximum Gasteiger partial charge on any atom is 0.0702 e. The molecule has 1 aromatic rings. The van der Waals surface area contributed by atoms with Crippen molar-refractivity contribution in [3.05, 3.63) is 40.9 Å². The van der Waals surface area contributed by atoms with Gasteiger partial charge in [0.2, 0.25) is 0 Å². The first-order valence-electron chi connectivity index (χ1n) is 5.10. The molecule has 0 bridgehead atoms. The average Bonchev–Trinajstić information content (AvgIpc) is 2.30. The van der Waals surface area contributed by atoms with Gasteiger partial charge in [0.1, 0.15) is 0 Å². The van der Waals surface area contributed by atoms with Gasteiger partial charge in [-0.1, -0.05) is 29.8 Å². The van der Waals surface area contributed by atoms with Gasteiger partial charge in [0.05, 0.1) is 6.61 Å². The molecule has 1 aromatic carbocycles. The number of hydrogen-bond donors (Lipinski definition) is 1. The molecule has 0 saturated carbocycles. The summed E-state index contributed by atoms with van der Waals surface area (Å²) in [4.78, 5) is 2.23. The van der Waals surface area contributed by atoms with E-state index in [2.05, 4.69) is 17.1 Å². The van der Waals surface area contributed by atoms with Gasteiger partial charge in [-0.05, 0) is 18.6 Å². The molecule has 0 unspecified atom stereocenters. The molecule has 80 valence electrons. The molecule has 1 N–H and O–H groups in total. The van der Waals surface area contributed by atoms with Gasteiger partial charge in [0, 0.05) is 29.4 Å². The number of nitrogens with zero attached hydrogens (tertiary/aromatic N) is 1. The summed E-state index contributed by atoms with van der Waals surface area (Å²) in [6.45, 7) is 1.95. The van der Waals surface area contributed by atoms with E-state index in [4.69, 9.17) is 11.6 Å². The van der Waals surface area contributed by atoms with Crippen molar-refractivity contribution in [2.45, 2.75) is 13.0 Å². The molecule has 0 amide bonds. The van der Waals surface area contributed by atoms with Crippen LogP contribution in [0.3, 0.4) is 0 Å². The quantitative estimate of drug-likeness (QED) is 0.780. The molecular weight excluding hydrogens is 210 g/mol. The lowest BCUT2D eigenvalue weighted by Gasteiger charge is -2.27. The smallest absolute Gasteiger partial charge is 0.0702 e. The standard InChI is InChI=1S/C12H14ClNO/c13-11-5-4-10(9-15)12(8-11)14-6-2-1-3-7-14/h1-2,4-5,8,15H,3,6-7,9H2. The fourth-order valence-corrected chi connectivity index (χ4v) is 1.99. The van der Waals surface area contributed by atoms with E-state index in [1.54, 1.807) is 0 Å². The van der Waals surface area contributed by atoms with Crippen LogP contribution in [-0.2, 0) is 6.61 Å².